The molecule has 0 saturated carbocycles. The summed E-state index contributed by atoms with van der Waals surface area (Å²) in [5.74, 6) is 1.29. The van der Waals surface area contributed by atoms with Crippen molar-refractivity contribution in [1.29, 1.82) is 0 Å². The first-order valence-electron chi connectivity index (χ1n) is 6.49. The monoisotopic (exact) mass is 244 g/mol. The van der Waals surface area contributed by atoms with Crippen molar-refractivity contribution in [3.63, 3.8) is 0 Å². The Hall–Kier alpha value is -1.68. The predicted molar refractivity (Wildman–Crippen MR) is 75.5 cm³/mol. The van der Waals surface area contributed by atoms with Crippen molar-refractivity contribution in [3.05, 3.63) is 30.5 Å². The van der Waals surface area contributed by atoms with Crippen LogP contribution in [0.3, 0.4) is 0 Å². The number of rotatable bonds is 6. The van der Waals surface area contributed by atoms with Crippen LogP contribution in [0.1, 0.15) is 19.8 Å². The Bertz CT molecular complexity index is 498. The molecule has 1 aromatic heterocycles. The standard InChI is InChI=1S/C14H20N4/c1-2-11(7-8-15)9-16-14-17-10-12-5-3-4-6-13(12)18-14/h3-6,10-11H,2,7-9,15H2,1H3,(H,16,17,18). The minimum absolute atomic E-state index is 0.588. The van der Waals surface area contributed by atoms with Crippen molar-refractivity contribution >= 4 is 16.9 Å². The van der Waals surface area contributed by atoms with Gasteiger partial charge in [0.05, 0.1) is 5.52 Å². The highest BCUT2D eigenvalue weighted by molar-refractivity contribution is 5.78. The number of benzene rings is 1. The molecule has 4 heteroatoms. The molecule has 0 spiro atoms. The van der Waals surface area contributed by atoms with Gasteiger partial charge in [-0.2, -0.15) is 0 Å². The van der Waals surface area contributed by atoms with Gasteiger partial charge in [0.2, 0.25) is 5.95 Å². The fourth-order valence-electron chi connectivity index (χ4n) is 1.98. The molecule has 4 nitrogen and oxygen atoms in total. The second-order valence-electron chi connectivity index (χ2n) is 4.48. The third kappa shape index (κ3) is 3.17. The molecule has 2 aromatic rings. The topological polar surface area (TPSA) is 63.8 Å². The molecular formula is C14H20N4. The van der Waals surface area contributed by atoms with Crippen molar-refractivity contribution in [3.8, 4) is 0 Å². The number of anilines is 1. The van der Waals surface area contributed by atoms with Gasteiger partial charge in [-0.25, -0.2) is 9.97 Å². The average molecular weight is 244 g/mol. The summed E-state index contributed by atoms with van der Waals surface area (Å²) in [6.45, 7) is 3.80. The van der Waals surface area contributed by atoms with Crippen LogP contribution >= 0.6 is 0 Å². The lowest BCUT2D eigenvalue weighted by Crippen LogP contribution is -2.18. The van der Waals surface area contributed by atoms with Crippen LogP contribution in [0.4, 0.5) is 5.95 Å². The number of aromatic nitrogens is 2. The molecule has 3 N–H and O–H groups in total. The molecule has 1 heterocycles. The highest BCUT2D eigenvalue weighted by Gasteiger charge is 2.06. The lowest BCUT2D eigenvalue weighted by Gasteiger charge is -2.14. The third-order valence-corrected chi connectivity index (χ3v) is 3.19. The Morgan fingerprint density at radius 1 is 1.33 bits per heavy atom. The number of hydrogen-bond acceptors (Lipinski definition) is 4. The van der Waals surface area contributed by atoms with Gasteiger partial charge in [0, 0.05) is 18.1 Å². The highest BCUT2D eigenvalue weighted by Crippen LogP contribution is 2.13. The largest absolute Gasteiger partial charge is 0.354 e. The molecule has 0 amide bonds. The zero-order valence-electron chi connectivity index (χ0n) is 10.8. The van der Waals surface area contributed by atoms with E-state index in [0.29, 0.717) is 11.9 Å². The Morgan fingerprint density at radius 3 is 2.94 bits per heavy atom. The van der Waals surface area contributed by atoms with Crippen molar-refractivity contribution in [2.24, 2.45) is 11.7 Å². The predicted octanol–water partition coefficient (Wildman–Crippen LogP) is 2.42. The van der Waals surface area contributed by atoms with Crippen molar-refractivity contribution in [1.82, 2.24) is 9.97 Å². The van der Waals surface area contributed by atoms with Gasteiger partial charge < -0.3 is 11.1 Å². The van der Waals surface area contributed by atoms with Gasteiger partial charge in [-0.3, -0.25) is 0 Å². The van der Waals surface area contributed by atoms with Crippen LogP contribution in [-0.4, -0.2) is 23.1 Å². The quantitative estimate of drug-likeness (QED) is 0.819. The molecule has 1 unspecified atom stereocenters. The number of para-hydroxylation sites is 1. The average Bonchev–Trinajstić information content (AvgIpc) is 2.43. The number of hydrogen-bond donors (Lipinski definition) is 2. The van der Waals surface area contributed by atoms with E-state index in [1.54, 1.807) is 0 Å². The number of nitrogens with one attached hydrogen (secondary N) is 1. The number of fused-ring (bicyclic) bond motifs is 1. The smallest absolute Gasteiger partial charge is 0.223 e. The maximum Gasteiger partial charge on any atom is 0.223 e. The molecule has 0 radical (unpaired) electrons. The molecule has 0 bridgehead atoms. The van der Waals surface area contributed by atoms with Gasteiger partial charge in [-0.15, -0.1) is 0 Å². The highest BCUT2D eigenvalue weighted by atomic mass is 15.1. The zero-order chi connectivity index (χ0) is 12.8. The molecule has 0 aliphatic rings. The molecule has 18 heavy (non-hydrogen) atoms. The zero-order valence-corrected chi connectivity index (χ0v) is 10.8. The van der Waals surface area contributed by atoms with E-state index in [4.69, 9.17) is 5.73 Å². The van der Waals surface area contributed by atoms with Crippen LogP contribution < -0.4 is 11.1 Å². The van der Waals surface area contributed by atoms with E-state index in [1.165, 1.54) is 0 Å². The van der Waals surface area contributed by atoms with Crippen molar-refractivity contribution in [2.75, 3.05) is 18.4 Å². The first-order valence-corrected chi connectivity index (χ1v) is 6.49. The van der Waals surface area contributed by atoms with Crippen LogP contribution in [0, 0.1) is 5.92 Å². The molecular weight excluding hydrogens is 224 g/mol. The van der Waals surface area contributed by atoms with E-state index in [2.05, 4.69) is 22.2 Å². The molecule has 0 fully saturated rings. The van der Waals surface area contributed by atoms with Gasteiger partial charge in [-0.1, -0.05) is 31.5 Å². The molecule has 0 saturated heterocycles. The third-order valence-electron chi connectivity index (χ3n) is 3.19. The summed E-state index contributed by atoms with van der Waals surface area (Å²) >= 11 is 0. The molecule has 1 atom stereocenters. The van der Waals surface area contributed by atoms with Crippen molar-refractivity contribution in [2.45, 2.75) is 19.8 Å². The first kappa shape index (κ1) is 12.8. The summed E-state index contributed by atoms with van der Waals surface area (Å²) in [4.78, 5) is 8.81. The number of nitrogens with two attached hydrogens (primary N) is 1. The summed E-state index contributed by atoms with van der Waals surface area (Å²) in [6.07, 6.45) is 4.02. The molecule has 96 valence electrons. The van der Waals surface area contributed by atoms with Gasteiger partial charge in [-0.05, 0) is 24.9 Å². The Morgan fingerprint density at radius 2 is 2.17 bits per heavy atom. The van der Waals surface area contributed by atoms with E-state index in [9.17, 15) is 0 Å². The summed E-state index contributed by atoms with van der Waals surface area (Å²) in [5.41, 5.74) is 6.56. The van der Waals surface area contributed by atoms with E-state index in [1.807, 2.05) is 30.5 Å². The molecule has 0 aliphatic heterocycles. The number of nitrogens with zero attached hydrogens (tertiary/aromatic N) is 2. The summed E-state index contributed by atoms with van der Waals surface area (Å²) in [5, 5.41) is 4.36. The Labute approximate surface area is 108 Å². The maximum absolute atomic E-state index is 5.59. The van der Waals surface area contributed by atoms with Gasteiger partial charge >= 0.3 is 0 Å². The summed E-state index contributed by atoms with van der Waals surface area (Å²) in [6, 6.07) is 8.00. The maximum atomic E-state index is 5.59. The van der Waals surface area contributed by atoms with Crippen LogP contribution in [-0.2, 0) is 0 Å². The fourth-order valence-corrected chi connectivity index (χ4v) is 1.98. The summed E-state index contributed by atoms with van der Waals surface area (Å²) in [7, 11) is 0. The van der Waals surface area contributed by atoms with E-state index in [0.717, 1.165) is 36.8 Å². The van der Waals surface area contributed by atoms with Crippen LogP contribution in [0.5, 0.6) is 0 Å². The SMILES string of the molecule is CCC(CCN)CNc1ncc2ccccc2n1. The van der Waals surface area contributed by atoms with Crippen LogP contribution in [0.2, 0.25) is 0 Å². The second-order valence-corrected chi connectivity index (χ2v) is 4.48. The molecule has 0 aliphatic carbocycles. The van der Waals surface area contributed by atoms with E-state index >= 15 is 0 Å². The Balaban J connectivity index is 2.03. The van der Waals surface area contributed by atoms with Crippen LogP contribution in [0.25, 0.3) is 10.9 Å². The molecule has 2 rings (SSSR count). The minimum atomic E-state index is 0.588. The molecule has 1 aromatic carbocycles. The van der Waals surface area contributed by atoms with Crippen LogP contribution in [0.15, 0.2) is 30.5 Å². The lowest BCUT2D eigenvalue weighted by atomic mass is 10.0. The first-order chi connectivity index (χ1) is 8.83. The van der Waals surface area contributed by atoms with E-state index < -0.39 is 0 Å². The summed E-state index contributed by atoms with van der Waals surface area (Å²) < 4.78 is 0. The Kier molecular flexibility index (Phi) is 4.47. The van der Waals surface area contributed by atoms with Gasteiger partial charge in [0.1, 0.15) is 0 Å². The van der Waals surface area contributed by atoms with Crippen molar-refractivity contribution < 1.29 is 0 Å². The van der Waals surface area contributed by atoms with E-state index in [-0.39, 0.29) is 0 Å². The lowest BCUT2D eigenvalue weighted by molar-refractivity contribution is 0.500. The normalized spacial score (nSPS) is 12.6. The van der Waals surface area contributed by atoms with Gasteiger partial charge in [0.25, 0.3) is 0 Å². The second kappa shape index (κ2) is 6.31. The minimum Gasteiger partial charge on any atom is -0.354 e. The fraction of sp³-hybridized carbons (Fsp3) is 0.429. The van der Waals surface area contributed by atoms with Gasteiger partial charge in [0.15, 0.2) is 0 Å².